The fourth-order valence-electron chi connectivity index (χ4n) is 2.65. The fourth-order valence-corrected chi connectivity index (χ4v) is 3.75. The van der Waals surface area contributed by atoms with Gasteiger partial charge in [0.05, 0.1) is 6.04 Å². The zero-order chi connectivity index (χ0) is 16.2. The molecule has 7 heteroatoms. The van der Waals surface area contributed by atoms with Gasteiger partial charge in [0, 0.05) is 47.9 Å². The molecule has 3 rings (SSSR count). The molecule has 1 aromatic carbocycles. The van der Waals surface area contributed by atoms with Gasteiger partial charge >= 0.3 is 0 Å². The lowest BCUT2D eigenvalue weighted by atomic mass is 10.2. The van der Waals surface area contributed by atoms with Crippen LogP contribution in [-0.4, -0.2) is 48.0 Å². The number of aromatic nitrogens is 1. The van der Waals surface area contributed by atoms with E-state index >= 15 is 0 Å². The van der Waals surface area contributed by atoms with E-state index in [2.05, 4.69) is 36.0 Å². The maximum atomic E-state index is 12.4. The van der Waals surface area contributed by atoms with Gasteiger partial charge in [-0.3, -0.25) is 9.69 Å². The van der Waals surface area contributed by atoms with E-state index in [9.17, 15) is 4.79 Å². The second-order valence-corrected chi connectivity index (χ2v) is 7.30. The molecule has 1 saturated heterocycles. The van der Waals surface area contributed by atoms with Crippen LogP contribution in [0.15, 0.2) is 40.3 Å². The van der Waals surface area contributed by atoms with Crippen molar-refractivity contribution in [3.63, 3.8) is 0 Å². The van der Waals surface area contributed by atoms with Gasteiger partial charge in [-0.15, -0.1) is 11.3 Å². The summed E-state index contributed by atoms with van der Waals surface area (Å²) in [6.07, 6.45) is 1.83. The Labute approximate surface area is 148 Å². The summed E-state index contributed by atoms with van der Waals surface area (Å²) in [6, 6.07) is 7.52. The van der Waals surface area contributed by atoms with Crippen LogP contribution in [0.25, 0.3) is 0 Å². The van der Waals surface area contributed by atoms with Crippen molar-refractivity contribution < 1.29 is 4.79 Å². The Morgan fingerprint density at radius 1 is 1.35 bits per heavy atom. The minimum atomic E-state index is -0.146. The van der Waals surface area contributed by atoms with Crippen molar-refractivity contribution in [1.82, 2.24) is 9.88 Å². The van der Waals surface area contributed by atoms with Gasteiger partial charge in [0.2, 0.25) is 5.91 Å². The third-order valence-electron chi connectivity index (χ3n) is 4.02. The van der Waals surface area contributed by atoms with Gasteiger partial charge in [0.25, 0.3) is 0 Å². The van der Waals surface area contributed by atoms with E-state index in [0.717, 1.165) is 41.5 Å². The maximum absolute atomic E-state index is 12.4. The van der Waals surface area contributed by atoms with Gasteiger partial charge in [0.1, 0.15) is 0 Å². The van der Waals surface area contributed by atoms with Gasteiger partial charge < -0.3 is 10.2 Å². The SMILES string of the molecule is CC(C(=O)Nc1cccc(Br)c1)N1CCN(c2nccs2)CC1. The average molecular weight is 395 g/mol. The summed E-state index contributed by atoms with van der Waals surface area (Å²) in [7, 11) is 0. The number of carbonyl (C=O) groups excluding carboxylic acids is 1. The molecule has 5 nitrogen and oxygen atoms in total. The molecule has 1 amide bonds. The number of hydrogen-bond acceptors (Lipinski definition) is 5. The second-order valence-electron chi connectivity index (χ2n) is 5.51. The molecule has 122 valence electrons. The van der Waals surface area contributed by atoms with Gasteiger partial charge in [-0.2, -0.15) is 0 Å². The van der Waals surface area contributed by atoms with Gasteiger partial charge in [-0.05, 0) is 25.1 Å². The van der Waals surface area contributed by atoms with Gasteiger partial charge in [-0.25, -0.2) is 4.98 Å². The van der Waals surface area contributed by atoms with Crippen LogP contribution in [0.1, 0.15) is 6.92 Å². The summed E-state index contributed by atoms with van der Waals surface area (Å²) < 4.78 is 0.958. The Hall–Kier alpha value is -1.44. The maximum Gasteiger partial charge on any atom is 0.241 e. The van der Waals surface area contributed by atoms with Crippen molar-refractivity contribution >= 4 is 44.0 Å². The standard InChI is InChI=1S/C16H19BrN4OS/c1-12(15(22)19-14-4-2-3-13(17)11-14)20-6-8-21(9-7-20)16-18-5-10-23-16/h2-5,10-12H,6-9H2,1H3,(H,19,22). The summed E-state index contributed by atoms with van der Waals surface area (Å²) in [5.74, 6) is 0.0331. The molecule has 0 spiro atoms. The van der Waals surface area contributed by atoms with E-state index in [0.29, 0.717) is 0 Å². The molecule has 1 atom stereocenters. The van der Waals surface area contributed by atoms with E-state index in [1.165, 1.54) is 0 Å². The number of benzene rings is 1. The summed E-state index contributed by atoms with van der Waals surface area (Å²) in [5, 5.41) is 6.05. The molecule has 0 bridgehead atoms. The van der Waals surface area contributed by atoms with Crippen molar-refractivity contribution in [3.8, 4) is 0 Å². The molecule has 2 aromatic rings. The Balaban J connectivity index is 1.54. The van der Waals surface area contributed by atoms with Crippen molar-refractivity contribution in [3.05, 3.63) is 40.3 Å². The normalized spacial score (nSPS) is 17.0. The minimum Gasteiger partial charge on any atom is -0.346 e. The van der Waals surface area contributed by atoms with E-state index in [1.54, 1.807) is 11.3 Å². The van der Waals surface area contributed by atoms with Crippen LogP contribution in [0.3, 0.4) is 0 Å². The molecule has 1 fully saturated rings. The number of hydrogen-bond donors (Lipinski definition) is 1. The van der Waals surface area contributed by atoms with Crippen LogP contribution in [0.2, 0.25) is 0 Å². The summed E-state index contributed by atoms with van der Waals surface area (Å²) in [5.41, 5.74) is 0.817. The highest BCUT2D eigenvalue weighted by atomic mass is 79.9. The molecular weight excluding hydrogens is 376 g/mol. The molecular formula is C16H19BrN4OS. The lowest BCUT2D eigenvalue weighted by Crippen LogP contribution is -2.52. The number of nitrogens with zero attached hydrogens (tertiary/aromatic N) is 3. The van der Waals surface area contributed by atoms with E-state index in [-0.39, 0.29) is 11.9 Å². The Bertz CT molecular complexity index is 656. The monoisotopic (exact) mass is 394 g/mol. The number of amides is 1. The van der Waals surface area contributed by atoms with Crippen LogP contribution in [0, 0.1) is 0 Å². The first kappa shape index (κ1) is 16.4. The highest BCUT2D eigenvalue weighted by Gasteiger charge is 2.26. The minimum absolute atomic E-state index is 0.0331. The number of nitrogens with one attached hydrogen (secondary N) is 1. The number of carbonyl (C=O) groups is 1. The zero-order valence-corrected chi connectivity index (χ0v) is 15.3. The smallest absolute Gasteiger partial charge is 0.241 e. The van der Waals surface area contributed by atoms with Crippen LogP contribution < -0.4 is 10.2 Å². The highest BCUT2D eigenvalue weighted by molar-refractivity contribution is 9.10. The van der Waals surface area contributed by atoms with Crippen LogP contribution in [0.5, 0.6) is 0 Å². The third kappa shape index (κ3) is 4.10. The number of piperazine rings is 1. The summed E-state index contributed by atoms with van der Waals surface area (Å²) >= 11 is 5.08. The van der Waals surface area contributed by atoms with Gasteiger partial charge in [0.15, 0.2) is 5.13 Å². The third-order valence-corrected chi connectivity index (χ3v) is 5.35. The van der Waals surface area contributed by atoms with Crippen LogP contribution in [-0.2, 0) is 4.79 Å². The molecule has 1 aliphatic rings. The second kappa shape index (κ2) is 7.42. The quantitative estimate of drug-likeness (QED) is 0.865. The van der Waals surface area contributed by atoms with Crippen LogP contribution >= 0.6 is 27.3 Å². The van der Waals surface area contributed by atoms with E-state index in [1.807, 2.05) is 42.8 Å². The largest absolute Gasteiger partial charge is 0.346 e. The number of anilines is 2. The van der Waals surface area contributed by atoms with Crippen molar-refractivity contribution in [2.45, 2.75) is 13.0 Å². The Kier molecular flexibility index (Phi) is 5.30. The molecule has 0 saturated carbocycles. The molecule has 1 unspecified atom stereocenters. The zero-order valence-electron chi connectivity index (χ0n) is 12.9. The lowest BCUT2D eigenvalue weighted by Gasteiger charge is -2.37. The number of halogens is 1. The molecule has 1 aromatic heterocycles. The topological polar surface area (TPSA) is 48.5 Å². The average Bonchev–Trinajstić information content (AvgIpc) is 3.09. The molecule has 1 N–H and O–H groups in total. The van der Waals surface area contributed by atoms with Crippen molar-refractivity contribution in [2.24, 2.45) is 0 Å². The molecule has 23 heavy (non-hydrogen) atoms. The predicted molar refractivity (Wildman–Crippen MR) is 98.1 cm³/mol. The first-order valence-corrected chi connectivity index (χ1v) is 9.25. The van der Waals surface area contributed by atoms with Crippen LogP contribution in [0.4, 0.5) is 10.8 Å². The summed E-state index contributed by atoms with van der Waals surface area (Å²) in [4.78, 5) is 21.3. The number of rotatable bonds is 4. The first-order valence-electron chi connectivity index (χ1n) is 7.58. The predicted octanol–water partition coefficient (Wildman–Crippen LogP) is 3.05. The Morgan fingerprint density at radius 3 is 2.78 bits per heavy atom. The first-order chi connectivity index (χ1) is 11.1. The Morgan fingerprint density at radius 2 is 2.13 bits per heavy atom. The molecule has 0 aliphatic carbocycles. The van der Waals surface area contributed by atoms with E-state index in [4.69, 9.17) is 0 Å². The molecule has 0 radical (unpaired) electrons. The van der Waals surface area contributed by atoms with E-state index < -0.39 is 0 Å². The lowest BCUT2D eigenvalue weighted by molar-refractivity contribution is -0.120. The van der Waals surface area contributed by atoms with Gasteiger partial charge in [-0.1, -0.05) is 22.0 Å². The summed E-state index contributed by atoms with van der Waals surface area (Å²) in [6.45, 7) is 5.51. The fraction of sp³-hybridized carbons (Fsp3) is 0.375. The molecule has 1 aliphatic heterocycles. The number of thiazole rings is 1. The molecule has 2 heterocycles. The van der Waals surface area contributed by atoms with Crippen molar-refractivity contribution in [1.29, 1.82) is 0 Å². The highest BCUT2D eigenvalue weighted by Crippen LogP contribution is 2.20. The van der Waals surface area contributed by atoms with Crippen molar-refractivity contribution in [2.75, 3.05) is 36.4 Å².